The van der Waals surface area contributed by atoms with Crippen molar-refractivity contribution in [1.29, 1.82) is 0 Å². The van der Waals surface area contributed by atoms with Crippen LogP contribution in [0.1, 0.15) is 282 Å². The molecule has 1 aromatic heterocycles. The van der Waals surface area contributed by atoms with E-state index in [1.54, 1.807) is 44.4 Å². The summed E-state index contributed by atoms with van der Waals surface area (Å²) in [5.74, 6) is 0.330. The molecule has 114 heavy (non-hydrogen) atoms. The molecule has 5 aromatic carbocycles. The van der Waals surface area contributed by atoms with Gasteiger partial charge in [-0.25, -0.2) is 12.8 Å². The Bertz CT molecular complexity index is 4170. The third-order valence-electron chi connectivity index (χ3n) is 24.2. The van der Waals surface area contributed by atoms with Gasteiger partial charge in [0.1, 0.15) is 39.0 Å². The zero-order valence-electron chi connectivity index (χ0n) is 70.7. The number of benzene rings is 5. The molecule has 0 spiro atoms. The molecular formula is C93H127F4NO14S2. The maximum absolute atomic E-state index is 14.1. The molecule has 0 saturated heterocycles. The van der Waals surface area contributed by atoms with E-state index in [9.17, 15) is 49.7 Å². The molecule has 0 radical (unpaired) electrons. The molecule has 5 atom stereocenters. The zero-order valence-corrected chi connectivity index (χ0v) is 72.3. The Hall–Kier alpha value is -7.49. The zero-order chi connectivity index (χ0) is 84.5. The number of para-hydroxylation sites is 2. The predicted molar refractivity (Wildman–Crippen MR) is 440 cm³/mol. The number of pyridine rings is 1. The van der Waals surface area contributed by atoms with Crippen molar-refractivity contribution in [2.24, 2.45) is 39.4 Å². The molecule has 4 bridgehead atoms. The molecule has 0 amide bonds. The Kier molecular flexibility index (Phi) is 32.6. The molecule has 6 aromatic rings. The van der Waals surface area contributed by atoms with E-state index >= 15 is 0 Å². The highest BCUT2D eigenvalue weighted by molar-refractivity contribution is 7.97. The average molecular weight is 1620 g/mol. The van der Waals surface area contributed by atoms with Crippen molar-refractivity contribution in [2.45, 2.75) is 314 Å². The molecule has 15 nitrogen and oxygen atoms in total. The summed E-state index contributed by atoms with van der Waals surface area (Å²) in [6.45, 7) is 35.7. The first-order valence-electron chi connectivity index (χ1n) is 41.0. The molecule has 7 aliphatic rings. The second kappa shape index (κ2) is 39.6. The van der Waals surface area contributed by atoms with Crippen LogP contribution in [-0.2, 0) is 64.7 Å². The van der Waals surface area contributed by atoms with Gasteiger partial charge in [-0.1, -0.05) is 128 Å². The van der Waals surface area contributed by atoms with E-state index in [-0.39, 0.29) is 63.5 Å². The third-order valence-corrected chi connectivity index (χ3v) is 27.2. The number of fused-ring (bicyclic) bond motifs is 2. The highest BCUT2D eigenvalue weighted by Gasteiger charge is 2.64. The Morgan fingerprint density at radius 2 is 1.12 bits per heavy atom. The van der Waals surface area contributed by atoms with Gasteiger partial charge in [-0.05, 0) is 298 Å². The number of carbonyl (C=O) groups excluding carboxylic acids is 4. The first-order valence-corrected chi connectivity index (χ1v) is 43.8. The number of phenols is 1. The lowest BCUT2D eigenvalue weighted by Gasteiger charge is -2.60. The van der Waals surface area contributed by atoms with Gasteiger partial charge >= 0.3 is 30.1 Å². The number of ether oxygens (including phenoxy) is 6. The number of rotatable bonds is 22. The van der Waals surface area contributed by atoms with Crippen LogP contribution in [0.15, 0.2) is 161 Å². The Morgan fingerprint density at radius 1 is 0.623 bits per heavy atom. The topological polar surface area (TPSA) is 214 Å². The van der Waals surface area contributed by atoms with E-state index in [2.05, 4.69) is 113 Å². The molecule has 1 aliphatic heterocycles. The summed E-state index contributed by atoms with van der Waals surface area (Å²) < 4.78 is 121. The number of halogens is 4. The minimum absolute atomic E-state index is 0.00100. The smallest absolute Gasteiger partial charge is 0.426 e. The van der Waals surface area contributed by atoms with Crippen molar-refractivity contribution >= 4 is 44.9 Å². The van der Waals surface area contributed by atoms with Gasteiger partial charge in [0.2, 0.25) is 15.9 Å². The second-order valence-corrected chi connectivity index (χ2v) is 38.8. The van der Waals surface area contributed by atoms with E-state index in [1.165, 1.54) is 65.2 Å². The second-order valence-electron chi connectivity index (χ2n) is 35.4. The van der Waals surface area contributed by atoms with Crippen LogP contribution in [0.4, 0.5) is 17.6 Å². The van der Waals surface area contributed by atoms with Crippen LogP contribution in [0, 0.1) is 45.2 Å². The van der Waals surface area contributed by atoms with Crippen molar-refractivity contribution in [1.82, 2.24) is 4.98 Å². The first-order chi connectivity index (χ1) is 53.3. The van der Waals surface area contributed by atoms with Crippen molar-refractivity contribution in [3.8, 4) is 23.0 Å². The number of esters is 4. The number of phenolic OH excluding ortho intramolecular Hbond substituents is 1. The molecule has 21 heteroatoms. The van der Waals surface area contributed by atoms with Gasteiger partial charge in [0.05, 0.1) is 37.5 Å². The van der Waals surface area contributed by atoms with Crippen LogP contribution in [0.25, 0.3) is 0 Å². The fourth-order valence-corrected chi connectivity index (χ4v) is 18.4. The van der Waals surface area contributed by atoms with E-state index in [1.807, 2.05) is 123 Å². The number of carbonyl (C=O) groups is 4. The summed E-state index contributed by atoms with van der Waals surface area (Å²) in [7, 11) is -5.35. The molecule has 628 valence electrons. The lowest BCUT2D eigenvalue weighted by Crippen LogP contribution is -2.61. The highest BCUT2D eigenvalue weighted by atomic mass is 32.2. The molecule has 6 aliphatic carbocycles. The van der Waals surface area contributed by atoms with Crippen LogP contribution in [-0.4, -0.2) is 81.8 Å². The highest BCUT2D eigenvalue weighted by Crippen LogP contribution is 2.64. The maximum Gasteiger partial charge on any atom is 0.426 e. The van der Waals surface area contributed by atoms with E-state index in [0.29, 0.717) is 61.4 Å². The molecule has 5 unspecified atom stereocenters. The van der Waals surface area contributed by atoms with Crippen LogP contribution in [0.3, 0.4) is 0 Å². The Balaban J connectivity index is 0.000000195. The van der Waals surface area contributed by atoms with Gasteiger partial charge in [-0.3, -0.25) is 24.2 Å². The summed E-state index contributed by atoms with van der Waals surface area (Å²) in [4.78, 5) is 57.6. The standard InChI is InChI=1S/C20H29F3O7S.C18H13OS.C17H25FO.C14H21NO2.C14H26O2.C10H14O/c1-4-17(2,3)15(24)30-19-8-12-5-13(9-19)7-18(6-12,11-19)16(25)29-14(20(21,22)23)10-31(26,27)28;1-2-8-14(9-3-1)20-17-12-6-4-10-15(17)19-16-11-5-7-13-18(16)20;1-4-13(2)14-8-9-16(15(18)12-14)19-17(3)10-6-5-7-11-17;1-6-13(2,3)12(16)17-14(4,5)11-7-9-15-10-8-11;1-6-13(2,3)12(15)16-14(4,5)11-9-7-8-10-11;1-3-8(2)9-5-4-6-10(11)7-9/h12-14H,4-11H2,1-3H3,(H,26,27,28);1-13H;8-9,12-13H,4-7,10-11H2,1-3H3;7-10H,6H2,1-5H3;11H,6-10H2,1-5H3;4-8,11H,3H2,1-2H3/q;+1;;;;/p-1. The van der Waals surface area contributed by atoms with Crippen LogP contribution < -0.4 is 9.47 Å². The molecule has 6 saturated carbocycles. The molecule has 6 fully saturated rings. The fourth-order valence-electron chi connectivity index (χ4n) is 15.5. The fraction of sp³-hybridized carbons (Fsp3) is 0.581. The monoisotopic (exact) mass is 1620 g/mol. The summed E-state index contributed by atoms with van der Waals surface area (Å²) in [6, 6.07) is 43.9. The van der Waals surface area contributed by atoms with Crippen molar-refractivity contribution < 1.29 is 83.2 Å². The van der Waals surface area contributed by atoms with Crippen molar-refractivity contribution in [2.75, 3.05) is 5.75 Å². The third kappa shape index (κ3) is 25.8. The minimum Gasteiger partial charge on any atom is -0.748 e. The van der Waals surface area contributed by atoms with Crippen LogP contribution >= 0.6 is 0 Å². The summed E-state index contributed by atoms with van der Waals surface area (Å²) in [5, 5.41) is 9.16. The largest absolute Gasteiger partial charge is 0.748 e. The number of hydrogen-bond acceptors (Lipinski definition) is 15. The predicted octanol–water partition coefficient (Wildman–Crippen LogP) is 23.8. The van der Waals surface area contributed by atoms with E-state index in [4.69, 9.17) is 28.8 Å². The lowest BCUT2D eigenvalue weighted by molar-refractivity contribution is -0.239. The number of alkyl halides is 3. The molecule has 1 N–H and O–H groups in total. The van der Waals surface area contributed by atoms with Gasteiger partial charge in [0.15, 0.2) is 28.0 Å². The van der Waals surface area contributed by atoms with E-state index in [0.717, 1.165) is 67.6 Å². The quantitative estimate of drug-likeness (QED) is 0.0220. The minimum atomic E-state index is -5.27. The number of aromatic nitrogens is 1. The SMILES string of the molecule is CCC(C)(C)C(=O)OC(C)(C)C1CCCC1.CCC(C)(C)C(=O)OC(C)(C)c1ccncc1.CCC(C)(C)C(=O)OC12CC3CC(C1)CC(C(=O)OC(CS(=O)(=O)[O-])C(F)(F)F)(C3)C2.CCC(C)c1ccc(OC2(C)CCCCC2)c(F)c1.CCC(C)c1cccc(O)c1.c1ccc([S+]2c3ccccc3Oc3ccccc32)cc1. The first kappa shape index (κ1) is 93.7. The maximum atomic E-state index is 14.1. The number of nitrogens with zero attached hydrogens (tertiary/aromatic N) is 1. The summed E-state index contributed by atoms with van der Waals surface area (Å²) in [5.41, 5.74) is -1.62. The van der Waals surface area contributed by atoms with Gasteiger partial charge in [-0.2, -0.15) is 13.2 Å². The number of aromatic hydroxyl groups is 1. The van der Waals surface area contributed by atoms with Crippen LogP contribution in [0.5, 0.6) is 23.0 Å². The molecular weight excluding hydrogens is 1500 g/mol. The van der Waals surface area contributed by atoms with Gasteiger partial charge in [0, 0.05) is 18.8 Å². The van der Waals surface area contributed by atoms with Crippen molar-refractivity contribution in [3.05, 3.63) is 168 Å². The van der Waals surface area contributed by atoms with Crippen molar-refractivity contribution in [3.63, 3.8) is 0 Å². The Labute approximate surface area is 680 Å². The van der Waals surface area contributed by atoms with Gasteiger partial charge < -0.3 is 38.1 Å². The lowest BCUT2D eigenvalue weighted by atomic mass is 9.48. The van der Waals surface area contributed by atoms with Gasteiger partial charge in [0.25, 0.3) is 0 Å². The normalized spacial score (nSPS) is 20.6. The average Bonchev–Trinajstić information content (AvgIpc) is 0.726. The number of hydrogen-bond donors (Lipinski definition) is 1. The van der Waals surface area contributed by atoms with Gasteiger partial charge in [-0.15, -0.1) is 0 Å². The van der Waals surface area contributed by atoms with Crippen LogP contribution in [0.2, 0.25) is 0 Å². The molecule has 2 heterocycles. The van der Waals surface area contributed by atoms with E-state index < -0.39 is 67.5 Å². The Morgan fingerprint density at radius 3 is 1.61 bits per heavy atom. The summed E-state index contributed by atoms with van der Waals surface area (Å²) in [6.07, 6.45) is 12.7. The summed E-state index contributed by atoms with van der Waals surface area (Å²) >= 11 is 0. The molecule has 13 rings (SSSR count).